The van der Waals surface area contributed by atoms with Crippen molar-refractivity contribution in [3.05, 3.63) is 47.8 Å². The fourth-order valence-electron chi connectivity index (χ4n) is 1.51. The molecule has 0 bridgehead atoms. The first kappa shape index (κ1) is 12.9. The predicted molar refractivity (Wildman–Crippen MR) is 70.0 cm³/mol. The first-order valence-electron chi connectivity index (χ1n) is 5.68. The topological polar surface area (TPSA) is 106 Å². The quantitative estimate of drug-likeness (QED) is 0.541. The number of pyridine rings is 1. The minimum atomic E-state index is -0.284. The van der Waals surface area contributed by atoms with Gasteiger partial charge in [0.25, 0.3) is 5.91 Å². The number of carbonyl (C=O) groups excluding carboxylic acids is 1. The van der Waals surface area contributed by atoms with Gasteiger partial charge in [0.15, 0.2) is 0 Å². The Morgan fingerprint density at radius 3 is 2.84 bits per heavy atom. The summed E-state index contributed by atoms with van der Waals surface area (Å²) in [6, 6.07) is 4.99. The lowest BCUT2D eigenvalue weighted by atomic mass is 10.3. The molecule has 0 fully saturated rings. The summed E-state index contributed by atoms with van der Waals surface area (Å²) in [6.45, 7) is 2.12. The second-order valence-electron chi connectivity index (χ2n) is 3.85. The van der Waals surface area contributed by atoms with Crippen molar-refractivity contribution in [3.8, 4) is 0 Å². The number of nitrogens with two attached hydrogens (primary N) is 1. The number of hydrogen-bond donors (Lipinski definition) is 3. The number of nitrogen functional groups attached to an aromatic ring is 1. The van der Waals surface area contributed by atoms with E-state index in [0.29, 0.717) is 23.8 Å². The van der Waals surface area contributed by atoms with Gasteiger partial charge in [0.1, 0.15) is 11.5 Å². The Hall–Kier alpha value is -2.54. The summed E-state index contributed by atoms with van der Waals surface area (Å²) in [5.41, 5.74) is 4.12. The van der Waals surface area contributed by atoms with Gasteiger partial charge in [-0.25, -0.2) is 9.97 Å². The van der Waals surface area contributed by atoms with Gasteiger partial charge in [-0.1, -0.05) is 0 Å². The maximum absolute atomic E-state index is 11.9. The monoisotopic (exact) mass is 258 g/mol. The molecule has 2 aromatic heterocycles. The first-order chi connectivity index (χ1) is 9.19. The Balaban J connectivity index is 2.01. The molecule has 0 aliphatic rings. The van der Waals surface area contributed by atoms with Gasteiger partial charge in [0.2, 0.25) is 0 Å². The van der Waals surface area contributed by atoms with Crippen molar-refractivity contribution in [1.82, 2.24) is 20.3 Å². The minimum Gasteiger partial charge on any atom is -0.345 e. The SMILES string of the molecule is Cc1nccc(CNC(=O)c2cc(NN)ccn2)n1. The number of carbonyl (C=O) groups is 1. The molecule has 0 unspecified atom stereocenters. The Labute approximate surface area is 110 Å². The lowest BCUT2D eigenvalue weighted by Crippen LogP contribution is -2.24. The third-order valence-electron chi connectivity index (χ3n) is 2.42. The zero-order chi connectivity index (χ0) is 13.7. The van der Waals surface area contributed by atoms with Crippen molar-refractivity contribution in [1.29, 1.82) is 0 Å². The molecule has 0 aliphatic carbocycles. The summed E-state index contributed by atoms with van der Waals surface area (Å²) < 4.78 is 0. The van der Waals surface area contributed by atoms with E-state index in [1.165, 1.54) is 6.20 Å². The van der Waals surface area contributed by atoms with Crippen LogP contribution in [0, 0.1) is 6.92 Å². The Morgan fingerprint density at radius 1 is 1.32 bits per heavy atom. The molecule has 19 heavy (non-hydrogen) atoms. The van der Waals surface area contributed by atoms with Crippen LogP contribution in [-0.4, -0.2) is 20.9 Å². The number of anilines is 1. The molecular formula is C12H14N6O. The Morgan fingerprint density at radius 2 is 2.11 bits per heavy atom. The molecule has 0 aliphatic heterocycles. The van der Waals surface area contributed by atoms with Crippen molar-refractivity contribution >= 4 is 11.6 Å². The van der Waals surface area contributed by atoms with Crippen LogP contribution >= 0.6 is 0 Å². The van der Waals surface area contributed by atoms with Crippen molar-refractivity contribution in [2.45, 2.75) is 13.5 Å². The molecule has 0 radical (unpaired) electrons. The van der Waals surface area contributed by atoms with E-state index in [2.05, 4.69) is 25.7 Å². The van der Waals surface area contributed by atoms with Crippen LogP contribution in [0.15, 0.2) is 30.6 Å². The van der Waals surface area contributed by atoms with E-state index < -0.39 is 0 Å². The van der Waals surface area contributed by atoms with Crippen LogP contribution in [0.5, 0.6) is 0 Å². The largest absolute Gasteiger partial charge is 0.345 e. The lowest BCUT2D eigenvalue weighted by Gasteiger charge is -2.06. The van der Waals surface area contributed by atoms with Gasteiger partial charge in [0, 0.05) is 12.4 Å². The van der Waals surface area contributed by atoms with Gasteiger partial charge in [-0.15, -0.1) is 0 Å². The van der Waals surface area contributed by atoms with E-state index in [4.69, 9.17) is 5.84 Å². The molecule has 2 rings (SSSR count). The fraction of sp³-hybridized carbons (Fsp3) is 0.167. The third-order valence-corrected chi connectivity index (χ3v) is 2.42. The number of nitrogens with zero attached hydrogens (tertiary/aromatic N) is 3. The van der Waals surface area contributed by atoms with E-state index in [1.54, 1.807) is 31.3 Å². The van der Waals surface area contributed by atoms with E-state index >= 15 is 0 Å². The van der Waals surface area contributed by atoms with Gasteiger partial charge >= 0.3 is 0 Å². The molecule has 2 heterocycles. The highest BCUT2D eigenvalue weighted by molar-refractivity contribution is 5.92. The highest BCUT2D eigenvalue weighted by Gasteiger charge is 2.07. The maximum atomic E-state index is 11.9. The van der Waals surface area contributed by atoms with Crippen molar-refractivity contribution < 1.29 is 4.79 Å². The molecule has 7 heteroatoms. The maximum Gasteiger partial charge on any atom is 0.270 e. The molecule has 0 spiro atoms. The molecule has 0 saturated heterocycles. The van der Waals surface area contributed by atoms with Crippen LogP contribution in [0.1, 0.15) is 22.0 Å². The summed E-state index contributed by atoms with van der Waals surface area (Å²) in [5, 5.41) is 2.73. The number of hydrazine groups is 1. The lowest BCUT2D eigenvalue weighted by molar-refractivity contribution is 0.0945. The predicted octanol–water partition coefficient (Wildman–Crippen LogP) is 0.396. The minimum absolute atomic E-state index is 0.284. The molecule has 0 saturated carbocycles. The zero-order valence-corrected chi connectivity index (χ0v) is 10.4. The van der Waals surface area contributed by atoms with Gasteiger partial charge < -0.3 is 10.7 Å². The molecule has 4 N–H and O–H groups in total. The normalized spacial score (nSPS) is 10.0. The number of amides is 1. The average Bonchev–Trinajstić information content (AvgIpc) is 2.45. The van der Waals surface area contributed by atoms with E-state index in [1.807, 2.05) is 0 Å². The van der Waals surface area contributed by atoms with Crippen molar-refractivity contribution in [2.24, 2.45) is 5.84 Å². The first-order valence-corrected chi connectivity index (χ1v) is 5.68. The number of aryl methyl sites for hydroxylation is 1. The van der Waals surface area contributed by atoms with Crippen LogP contribution in [0.4, 0.5) is 5.69 Å². The molecular weight excluding hydrogens is 244 g/mol. The molecule has 7 nitrogen and oxygen atoms in total. The molecule has 0 atom stereocenters. The van der Waals surface area contributed by atoms with E-state index in [-0.39, 0.29) is 5.91 Å². The number of nitrogens with one attached hydrogen (secondary N) is 2. The van der Waals surface area contributed by atoms with Crippen LogP contribution in [0.25, 0.3) is 0 Å². The highest BCUT2D eigenvalue weighted by Crippen LogP contribution is 2.06. The second kappa shape index (κ2) is 5.87. The Kier molecular flexibility index (Phi) is 3.99. The summed E-state index contributed by atoms with van der Waals surface area (Å²) in [5.74, 6) is 5.66. The van der Waals surface area contributed by atoms with E-state index in [9.17, 15) is 4.79 Å². The molecule has 0 aromatic carbocycles. The highest BCUT2D eigenvalue weighted by atomic mass is 16.1. The summed E-state index contributed by atoms with van der Waals surface area (Å²) >= 11 is 0. The third kappa shape index (κ3) is 3.46. The fourth-order valence-corrected chi connectivity index (χ4v) is 1.51. The van der Waals surface area contributed by atoms with Crippen molar-refractivity contribution in [2.75, 3.05) is 5.43 Å². The van der Waals surface area contributed by atoms with Crippen LogP contribution in [0.2, 0.25) is 0 Å². The van der Waals surface area contributed by atoms with Gasteiger partial charge in [-0.2, -0.15) is 0 Å². The van der Waals surface area contributed by atoms with Crippen LogP contribution in [0.3, 0.4) is 0 Å². The van der Waals surface area contributed by atoms with Crippen LogP contribution < -0.4 is 16.6 Å². The summed E-state index contributed by atoms with van der Waals surface area (Å²) in [6.07, 6.45) is 3.17. The average molecular weight is 258 g/mol. The second-order valence-corrected chi connectivity index (χ2v) is 3.85. The zero-order valence-electron chi connectivity index (χ0n) is 10.4. The molecule has 1 amide bonds. The van der Waals surface area contributed by atoms with Gasteiger partial charge in [-0.3, -0.25) is 15.6 Å². The number of hydrogen-bond acceptors (Lipinski definition) is 6. The standard InChI is InChI=1S/C12H14N6O/c1-8-14-4-3-10(17-8)7-16-12(19)11-6-9(18-13)2-5-15-11/h2-6H,7,13H2,1H3,(H,15,18)(H,16,19). The molecule has 2 aromatic rings. The van der Waals surface area contributed by atoms with Crippen LogP contribution in [-0.2, 0) is 6.54 Å². The number of aromatic nitrogens is 3. The summed E-state index contributed by atoms with van der Waals surface area (Å²) in [4.78, 5) is 24.0. The number of rotatable bonds is 4. The van der Waals surface area contributed by atoms with E-state index in [0.717, 1.165) is 5.69 Å². The summed E-state index contributed by atoms with van der Waals surface area (Å²) in [7, 11) is 0. The van der Waals surface area contributed by atoms with Crippen molar-refractivity contribution in [3.63, 3.8) is 0 Å². The smallest absolute Gasteiger partial charge is 0.270 e. The van der Waals surface area contributed by atoms with Gasteiger partial charge in [0.05, 0.1) is 17.9 Å². The Bertz CT molecular complexity index is 586. The van der Waals surface area contributed by atoms with Gasteiger partial charge in [-0.05, 0) is 25.1 Å². The molecule has 98 valence electrons.